The first-order valence-corrected chi connectivity index (χ1v) is 8.00. The van der Waals surface area contributed by atoms with E-state index < -0.39 is 20.6 Å². The molecule has 116 valence electrons. The van der Waals surface area contributed by atoms with Gasteiger partial charge in [-0.3, -0.25) is 19.9 Å². The number of nitro benzene ring substituents is 1. The summed E-state index contributed by atoms with van der Waals surface area (Å²) in [5, 5.41) is 20.8. The van der Waals surface area contributed by atoms with Gasteiger partial charge in [0.15, 0.2) is 10.7 Å². The first-order valence-electron chi connectivity index (χ1n) is 6.52. The van der Waals surface area contributed by atoms with Crippen molar-refractivity contribution in [3.05, 3.63) is 45.6 Å². The van der Waals surface area contributed by atoms with Crippen LogP contribution in [0.3, 0.4) is 0 Å². The Labute approximate surface area is 125 Å². The number of fused-ring (bicyclic) bond motifs is 1. The van der Waals surface area contributed by atoms with E-state index in [9.17, 15) is 18.5 Å². The number of benzene rings is 1. The first kappa shape index (κ1) is 14.5. The highest BCUT2D eigenvalue weighted by molar-refractivity contribution is 7.92. The molecule has 1 aromatic heterocycles. The molecule has 0 atom stereocenters. The molecule has 1 aliphatic rings. The van der Waals surface area contributed by atoms with Crippen LogP contribution in [0.15, 0.2) is 29.2 Å². The zero-order valence-corrected chi connectivity index (χ0v) is 12.2. The number of sulfonamides is 1. The van der Waals surface area contributed by atoms with Crippen molar-refractivity contribution in [2.24, 2.45) is 0 Å². The molecule has 0 saturated carbocycles. The number of nitrogens with one attached hydrogen (secondary N) is 3. The molecule has 0 spiro atoms. The van der Waals surface area contributed by atoms with Gasteiger partial charge < -0.3 is 5.32 Å². The SMILES string of the molecule is O=[N+]([O-])c1ccccc1S(=O)(=O)Nc1n[nH]c2c1CNCC2. The second-order valence-corrected chi connectivity index (χ2v) is 6.44. The molecule has 0 unspecified atom stereocenters. The molecule has 22 heavy (non-hydrogen) atoms. The Balaban J connectivity index is 1.98. The van der Waals surface area contributed by atoms with Gasteiger partial charge in [-0.25, -0.2) is 8.42 Å². The molecule has 0 saturated heterocycles. The number of rotatable bonds is 4. The lowest BCUT2D eigenvalue weighted by Crippen LogP contribution is -2.24. The Morgan fingerprint density at radius 1 is 1.32 bits per heavy atom. The molecule has 2 heterocycles. The van der Waals surface area contributed by atoms with Crippen LogP contribution in [0.4, 0.5) is 11.5 Å². The van der Waals surface area contributed by atoms with Crippen molar-refractivity contribution < 1.29 is 13.3 Å². The Morgan fingerprint density at radius 3 is 2.86 bits per heavy atom. The molecule has 1 aromatic carbocycles. The molecule has 3 rings (SSSR count). The van der Waals surface area contributed by atoms with Crippen molar-refractivity contribution in [1.29, 1.82) is 0 Å². The summed E-state index contributed by atoms with van der Waals surface area (Å²) in [6.45, 7) is 1.27. The van der Waals surface area contributed by atoms with Crippen molar-refractivity contribution in [2.45, 2.75) is 17.9 Å². The van der Waals surface area contributed by atoms with E-state index >= 15 is 0 Å². The molecule has 0 aliphatic carbocycles. The zero-order valence-electron chi connectivity index (χ0n) is 11.4. The summed E-state index contributed by atoms with van der Waals surface area (Å²) in [6.07, 6.45) is 0.718. The molecule has 1 aliphatic heterocycles. The number of hydrogen-bond donors (Lipinski definition) is 3. The van der Waals surface area contributed by atoms with Gasteiger partial charge in [-0.2, -0.15) is 5.10 Å². The number of hydrogen-bond acceptors (Lipinski definition) is 6. The van der Waals surface area contributed by atoms with Gasteiger partial charge in [-0.1, -0.05) is 12.1 Å². The van der Waals surface area contributed by atoms with Crippen LogP contribution in [-0.4, -0.2) is 30.1 Å². The van der Waals surface area contributed by atoms with Crippen LogP contribution in [0.25, 0.3) is 0 Å². The summed E-state index contributed by atoms with van der Waals surface area (Å²) in [7, 11) is -4.09. The smallest absolute Gasteiger partial charge is 0.289 e. The predicted octanol–water partition coefficient (Wildman–Crippen LogP) is 0.764. The van der Waals surface area contributed by atoms with Crippen LogP contribution < -0.4 is 10.0 Å². The fourth-order valence-electron chi connectivity index (χ4n) is 2.33. The fourth-order valence-corrected chi connectivity index (χ4v) is 3.54. The minimum atomic E-state index is -4.09. The maximum Gasteiger partial charge on any atom is 0.289 e. The number of para-hydroxylation sites is 1. The van der Waals surface area contributed by atoms with Crippen LogP contribution in [0, 0.1) is 10.1 Å². The van der Waals surface area contributed by atoms with Gasteiger partial charge in [0.2, 0.25) is 0 Å². The van der Waals surface area contributed by atoms with Crippen molar-refractivity contribution >= 4 is 21.5 Å². The number of H-pyrrole nitrogens is 1. The quantitative estimate of drug-likeness (QED) is 0.562. The monoisotopic (exact) mass is 323 g/mol. The molecule has 3 N–H and O–H groups in total. The van der Waals surface area contributed by atoms with Gasteiger partial charge in [0.1, 0.15) is 0 Å². The Kier molecular flexibility index (Phi) is 3.54. The van der Waals surface area contributed by atoms with E-state index in [4.69, 9.17) is 0 Å². The number of aromatic amines is 1. The van der Waals surface area contributed by atoms with Crippen LogP contribution in [0.2, 0.25) is 0 Å². The zero-order chi connectivity index (χ0) is 15.7. The third-order valence-electron chi connectivity index (χ3n) is 3.39. The number of aromatic nitrogens is 2. The molecule has 10 heteroatoms. The summed E-state index contributed by atoms with van der Waals surface area (Å²) in [5.74, 6) is 0.167. The predicted molar refractivity (Wildman–Crippen MR) is 77.9 cm³/mol. The minimum absolute atomic E-state index is 0.167. The topological polar surface area (TPSA) is 130 Å². The van der Waals surface area contributed by atoms with E-state index in [0.717, 1.165) is 30.3 Å². The van der Waals surface area contributed by atoms with E-state index in [0.29, 0.717) is 6.54 Å². The second-order valence-electron chi connectivity index (χ2n) is 4.79. The molecular weight excluding hydrogens is 310 g/mol. The normalized spacial score (nSPS) is 14.4. The number of nitrogens with zero attached hydrogens (tertiary/aromatic N) is 2. The molecule has 9 nitrogen and oxygen atoms in total. The van der Waals surface area contributed by atoms with Crippen molar-refractivity contribution in [1.82, 2.24) is 15.5 Å². The largest absolute Gasteiger partial charge is 0.312 e. The van der Waals surface area contributed by atoms with E-state index in [1.807, 2.05) is 0 Å². The molecule has 0 radical (unpaired) electrons. The highest BCUT2D eigenvalue weighted by Crippen LogP contribution is 2.27. The van der Waals surface area contributed by atoms with Crippen molar-refractivity contribution in [3.8, 4) is 0 Å². The first-order chi connectivity index (χ1) is 10.5. The molecule has 0 bridgehead atoms. The third-order valence-corrected chi connectivity index (χ3v) is 4.78. The van der Waals surface area contributed by atoms with Crippen LogP contribution in [0.1, 0.15) is 11.3 Å². The molecular formula is C12H13N5O4S. The Morgan fingerprint density at radius 2 is 2.09 bits per heavy atom. The summed E-state index contributed by atoms with van der Waals surface area (Å²) < 4.78 is 27.2. The fraction of sp³-hybridized carbons (Fsp3) is 0.250. The third kappa shape index (κ3) is 2.53. The van der Waals surface area contributed by atoms with E-state index in [1.165, 1.54) is 18.2 Å². The van der Waals surface area contributed by atoms with E-state index in [1.54, 1.807) is 0 Å². The van der Waals surface area contributed by atoms with Crippen LogP contribution >= 0.6 is 0 Å². The van der Waals surface area contributed by atoms with Crippen molar-refractivity contribution in [3.63, 3.8) is 0 Å². The highest BCUT2D eigenvalue weighted by atomic mass is 32.2. The molecule has 2 aromatic rings. The van der Waals surface area contributed by atoms with Crippen molar-refractivity contribution in [2.75, 3.05) is 11.3 Å². The van der Waals surface area contributed by atoms with E-state index in [-0.39, 0.29) is 10.7 Å². The van der Waals surface area contributed by atoms with E-state index in [2.05, 4.69) is 20.2 Å². The lowest BCUT2D eigenvalue weighted by Gasteiger charge is -2.13. The average molecular weight is 323 g/mol. The van der Waals surface area contributed by atoms with Gasteiger partial charge >= 0.3 is 0 Å². The summed E-state index contributed by atoms with van der Waals surface area (Å²) >= 11 is 0. The lowest BCUT2D eigenvalue weighted by molar-refractivity contribution is -0.387. The minimum Gasteiger partial charge on any atom is -0.312 e. The van der Waals surface area contributed by atoms with Gasteiger partial charge in [-0.05, 0) is 6.07 Å². The maximum absolute atomic E-state index is 12.4. The Bertz CT molecular complexity index is 830. The molecule has 0 amide bonds. The summed E-state index contributed by atoms with van der Waals surface area (Å²) in [5.41, 5.74) is 1.12. The molecule has 0 fully saturated rings. The summed E-state index contributed by atoms with van der Waals surface area (Å²) in [4.78, 5) is 9.87. The average Bonchev–Trinajstić information content (AvgIpc) is 2.90. The number of anilines is 1. The van der Waals surface area contributed by atoms with Crippen LogP contribution in [0.5, 0.6) is 0 Å². The second kappa shape index (κ2) is 5.39. The van der Waals surface area contributed by atoms with Gasteiger partial charge in [0.05, 0.1) is 4.92 Å². The number of nitro groups is 1. The van der Waals surface area contributed by atoms with Gasteiger partial charge in [0, 0.05) is 36.8 Å². The van der Waals surface area contributed by atoms with Gasteiger partial charge in [0.25, 0.3) is 15.7 Å². The van der Waals surface area contributed by atoms with Crippen LogP contribution in [-0.2, 0) is 23.0 Å². The Hall–Kier alpha value is -2.46. The summed E-state index contributed by atoms with van der Waals surface area (Å²) in [6, 6.07) is 5.19. The highest BCUT2D eigenvalue weighted by Gasteiger charge is 2.27. The lowest BCUT2D eigenvalue weighted by atomic mass is 10.1. The standard InChI is InChI=1S/C12H13N5O4S/c18-17(19)10-3-1-2-4-11(10)22(20,21)16-12-8-7-13-6-5-9(8)14-15-12/h1-4,13H,5-7H2,(H2,14,15,16). The van der Waals surface area contributed by atoms with Gasteiger partial charge in [-0.15, -0.1) is 0 Å². The maximum atomic E-state index is 12.4.